The molecule has 0 spiro atoms. The molecule has 35 heavy (non-hydrogen) atoms. The lowest BCUT2D eigenvalue weighted by Crippen LogP contribution is -2.29. The number of nitrogens with zero attached hydrogens (tertiary/aromatic N) is 4. The zero-order valence-electron chi connectivity index (χ0n) is 19.9. The van der Waals surface area contributed by atoms with Crippen molar-refractivity contribution in [3.63, 3.8) is 0 Å². The van der Waals surface area contributed by atoms with E-state index in [-0.39, 0.29) is 18.2 Å². The molecule has 8 nitrogen and oxygen atoms in total. The molecule has 0 atom stereocenters. The zero-order chi connectivity index (χ0) is 24.8. The average Bonchev–Trinajstić information content (AvgIpc) is 3.43. The standard InChI is InChI=1S/C26H27N5O3S/c1-18-22(19(2)30(29-18)16-20-10-6-4-7-11-20)14-27-24(32)17-34-25(33)23-15-28-26(35-3)31(23)21-12-8-5-9-13-21/h4-13,15H,14,16-17H2,1-3H3,(H,27,32). The van der Waals surface area contributed by atoms with E-state index in [1.807, 2.05) is 73.3 Å². The summed E-state index contributed by atoms with van der Waals surface area (Å²) in [7, 11) is 0. The van der Waals surface area contributed by atoms with Crippen molar-refractivity contribution in [1.29, 1.82) is 0 Å². The highest BCUT2D eigenvalue weighted by Crippen LogP contribution is 2.22. The largest absolute Gasteiger partial charge is 0.451 e. The van der Waals surface area contributed by atoms with Gasteiger partial charge in [-0.2, -0.15) is 5.10 Å². The van der Waals surface area contributed by atoms with E-state index in [2.05, 4.69) is 27.5 Å². The van der Waals surface area contributed by atoms with Crippen molar-refractivity contribution in [1.82, 2.24) is 24.6 Å². The van der Waals surface area contributed by atoms with Gasteiger partial charge in [0.05, 0.1) is 18.4 Å². The highest BCUT2D eigenvalue weighted by atomic mass is 32.2. The smallest absolute Gasteiger partial charge is 0.357 e. The molecule has 0 radical (unpaired) electrons. The molecule has 0 bridgehead atoms. The van der Waals surface area contributed by atoms with Crippen LogP contribution in [0.25, 0.3) is 5.69 Å². The van der Waals surface area contributed by atoms with Gasteiger partial charge in [0.2, 0.25) is 0 Å². The van der Waals surface area contributed by atoms with E-state index in [4.69, 9.17) is 4.74 Å². The number of thioether (sulfide) groups is 1. The first-order valence-corrected chi connectivity index (χ1v) is 12.4. The Kier molecular flexibility index (Phi) is 7.67. The SMILES string of the molecule is CSc1ncc(C(=O)OCC(=O)NCc2c(C)nn(Cc3ccccc3)c2C)n1-c1ccccc1. The third-order valence-electron chi connectivity index (χ3n) is 5.64. The number of aromatic nitrogens is 4. The van der Waals surface area contributed by atoms with Crippen molar-refractivity contribution >= 4 is 23.6 Å². The lowest BCUT2D eigenvalue weighted by molar-refractivity contribution is -0.124. The summed E-state index contributed by atoms with van der Waals surface area (Å²) in [4.78, 5) is 29.5. The number of benzene rings is 2. The van der Waals surface area contributed by atoms with Crippen molar-refractivity contribution in [2.75, 3.05) is 12.9 Å². The maximum atomic E-state index is 12.7. The van der Waals surface area contributed by atoms with Gasteiger partial charge in [-0.25, -0.2) is 9.78 Å². The predicted octanol–water partition coefficient (Wildman–Crippen LogP) is 3.93. The fraction of sp³-hybridized carbons (Fsp3) is 0.231. The van der Waals surface area contributed by atoms with E-state index >= 15 is 0 Å². The lowest BCUT2D eigenvalue weighted by Gasteiger charge is -2.11. The van der Waals surface area contributed by atoms with Crippen molar-refractivity contribution in [2.24, 2.45) is 0 Å². The molecule has 2 aromatic heterocycles. The number of ether oxygens (including phenoxy) is 1. The Bertz CT molecular complexity index is 1320. The molecular weight excluding hydrogens is 462 g/mol. The second kappa shape index (κ2) is 11.1. The molecule has 2 heterocycles. The summed E-state index contributed by atoms with van der Waals surface area (Å²) in [5, 5.41) is 8.10. The van der Waals surface area contributed by atoms with E-state index in [0.29, 0.717) is 18.2 Å². The molecule has 9 heteroatoms. The van der Waals surface area contributed by atoms with Crippen molar-refractivity contribution in [3.05, 3.63) is 95.1 Å². The first-order chi connectivity index (χ1) is 17.0. The lowest BCUT2D eigenvalue weighted by atomic mass is 10.2. The predicted molar refractivity (Wildman–Crippen MR) is 135 cm³/mol. The van der Waals surface area contributed by atoms with Crippen LogP contribution < -0.4 is 5.32 Å². The van der Waals surface area contributed by atoms with E-state index in [1.165, 1.54) is 18.0 Å². The molecule has 0 aliphatic carbocycles. The summed E-state index contributed by atoms with van der Waals surface area (Å²) in [6, 6.07) is 19.5. The highest BCUT2D eigenvalue weighted by molar-refractivity contribution is 7.98. The first kappa shape index (κ1) is 24.3. The number of imidazole rings is 1. The quantitative estimate of drug-likeness (QED) is 0.283. The Hall–Kier alpha value is -3.85. The summed E-state index contributed by atoms with van der Waals surface area (Å²) < 4.78 is 8.95. The van der Waals surface area contributed by atoms with Crippen LogP contribution in [0.1, 0.15) is 33.0 Å². The van der Waals surface area contributed by atoms with Gasteiger partial charge in [-0.15, -0.1) is 0 Å². The fourth-order valence-electron chi connectivity index (χ4n) is 3.79. The summed E-state index contributed by atoms with van der Waals surface area (Å²) in [6.07, 6.45) is 3.35. The minimum absolute atomic E-state index is 0.266. The van der Waals surface area contributed by atoms with Crippen LogP contribution in [0.15, 0.2) is 72.0 Å². The van der Waals surface area contributed by atoms with Gasteiger partial charge in [0.1, 0.15) is 0 Å². The molecular formula is C26H27N5O3S. The topological polar surface area (TPSA) is 91.0 Å². The van der Waals surface area contributed by atoms with E-state index in [1.54, 1.807) is 4.57 Å². The Balaban J connectivity index is 1.36. The third-order valence-corrected chi connectivity index (χ3v) is 6.29. The van der Waals surface area contributed by atoms with Gasteiger partial charge in [-0.05, 0) is 37.8 Å². The van der Waals surface area contributed by atoms with Gasteiger partial charge in [0, 0.05) is 23.5 Å². The fourth-order valence-corrected chi connectivity index (χ4v) is 4.34. The van der Waals surface area contributed by atoms with Crippen LogP contribution in [0.3, 0.4) is 0 Å². The number of hydrogen-bond donors (Lipinski definition) is 1. The number of carbonyl (C=O) groups is 2. The molecule has 4 aromatic rings. The Morgan fingerprint density at radius 3 is 2.40 bits per heavy atom. The van der Waals surface area contributed by atoms with Crippen LogP contribution in [0.5, 0.6) is 0 Å². The molecule has 1 amide bonds. The van der Waals surface area contributed by atoms with Gasteiger partial charge in [-0.1, -0.05) is 60.3 Å². The maximum absolute atomic E-state index is 12.7. The highest BCUT2D eigenvalue weighted by Gasteiger charge is 2.20. The maximum Gasteiger partial charge on any atom is 0.357 e. The Morgan fingerprint density at radius 1 is 1.03 bits per heavy atom. The molecule has 180 valence electrons. The van der Waals surface area contributed by atoms with Crippen LogP contribution in [0.4, 0.5) is 0 Å². The van der Waals surface area contributed by atoms with E-state index in [9.17, 15) is 9.59 Å². The van der Waals surface area contributed by atoms with Gasteiger partial charge in [0.15, 0.2) is 17.5 Å². The molecule has 4 rings (SSSR count). The molecule has 2 aromatic carbocycles. The molecule has 0 saturated carbocycles. The third kappa shape index (κ3) is 5.63. The number of rotatable bonds is 9. The summed E-state index contributed by atoms with van der Waals surface area (Å²) in [6.45, 7) is 4.49. The second-order valence-corrected chi connectivity index (χ2v) is 8.72. The Morgan fingerprint density at radius 2 is 1.71 bits per heavy atom. The number of esters is 1. The number of amides is 1. The average molecular weight is 490 g/mol. The molecule has 0 saturated heterocycles. The van der Waals surface area contributed by atoms with Gasteiger partial charge in [0.25, 0.3) is 5.91 Å². The Labute approximate surface area is 208 Å². The zero-order valence-corrected chi connectivity index (χ0v) is 20.7. The molecule has 0 unspecified atom stereocenters. The number of carbonyl (C=O) groups excluding carboxylic acids is 2. The minimum Gasteiger partial charge on any atom is -0.451 e. The van der Waals surface area contributed by atoms with Crippen molar-refractivity contribution in [2.45, 2.75) is 32.1 Å². The van der Waals surface area contributed by atoms with Crippen LogP contribution in [-0.4, -0.2) is 44.1 Å². The van der Waals surface area contributed by atoms with Gasteiger partial charge < -0.3 is 10.1 Å². The number of para-hydroxylation sites is 1. The summed E-state index contributed by atoms with van der Waals surface area (Å²) in [5.41, 5.74) is 5.01. The second-order valence-electron chi connectivity index (χ2n) is 7.95. The molecule has 0 fully saturated rings. The van der Waals surface area contributed by atoms with Crippen molar-refractivity contribution in [3.8, 4) is 5.69 Å². The van der Waals surface area contributed by atoms with Gasteiger partial charge >= 0.3 is 5.97 Å². The van der Waals surface area contributed by atoms with Crippen LogP contribution >= 0.6 is 11.8 Å². The molecule has 0 aliphatic rings. The first-order valence-electron chi connectivity index (χ1n) is 11.2. The molecule has 0 aliphatic heterocycles. The van der Waals surface area contributed by atoms with E-state index in [0.717, 1.165) is 28.2 Å². The van der Waals surface area contributed by atoms with Crippen LogP contribution in [-0.2, 0) is 22.6 Å². The van der Waals surface area contributed by atoms with E-state index < -0.39 is 5.97 Å². The van der Waals surface area contributed by atoms with Crippen LogP contribution in [0, 0.1) is 13.8 Å². The normalized spacial score (nSPS) is 10.8. The summed E-state index contributed by atoms with van der Waals surface area (Å²) in [5.74, 6) is -0.997. The monoisotopic (exact) mass is 489 g/mol. The number of hydrogen-bond acceptors (Lipinski definition) is 6. The number of aryl methyl sites for hydroxylation is 1. The van der Waals surface area contributed by atoms with Crippen LogP contribution in [0.2, 0.25) is 0 Å². The minimum atomic E-state index is -0.611. The summed E-state index contributed by atoms with van der Waals surface area (Å²) >= 11 is 1.42. The molecule has 1 N–H and O–H groups in total. The van der Waals surface area contributed by atoms with Gasteiger partial charge in [-0.3, -0.25) is 14.0 Å². The number of nitrogens with one attached hydrogen (secondary N) is 1. The van der Waals surface area contributed by atoms with Crippen molar-refractivity contribution < 1.29 is 14.3 Å².